The van der Waals surface area contributed by atoms with Gasteiger partial charge in [-0.3, -0.25) is 0 Å². The molecule has 0 fully saturated rings. The Kier molecular flexibility index (Phi) is 4.44. The van der Waals surface area contributed by atoms with Gasteiger partial charge in [-0.15, -0.1) is 0 Å². The fourth-order valence-corrected chi connectivity index (χ4v) is 2.07. The molecular formula is C14H22N2O2. The molecule has 0 amide bonds. The van der Waals surface area contributed by atoms with E-state index in [1.807, 2.05) is 0 Å². The summed E-state index contributed by atoms with van der Waals surface area (Å²) < 4.78 is 10.8. The second kappa shape index (κ2) is 6.07. The standard InChI is InChI=1S/C14H22N2O2/c1-4-15-5-6-16(3)9-12-8-14-13(7-11(12)2)17-10-18-14/h7-8,15H,4-6,9-10H2,1-3H3. The third-order valence-corrected chi connectivity index (χ3v) is 3.19. The monoisotopic (exact) mass is 250 g/mol. The molecule has 4 heteroatoms. The molecule has 1 N–H and O–H groups in total. The van der Waals surface area contributed by atoms with Gasteiger partial charge in [-0.2, -0.15) is 0 Å². The molecule has 100 valence electrons. The zero-order valence-corrected chi connectivity index (χ0v) is 11.5. The molecule has 0 atom stereocenters. The van der Waals surface area contributed by atoms with Gasteiger partial charge in [0.25, 0.3) is 0 Å². The summed E-state index contributed by atoms with van der Waals surface area (Å²) in [6.45, 7) is 8.62. The molecule has 0 saturated heterocycles. The summed E-state index contributed by atoms with van der Waals surface area (Å²) in [5.74, 6) is 1.74. The predicted octanol–water partition coefficient (Wildman–Crippen LogP) is 1.77. The van der Waals surface area contributed by atoms with E-state index in [1.54, 1.807) is 0 Å². The van der Waals surface area contributed by atoms with Crippen LogP contribution in [0.2, 0.25) is 0 Å². The van der Waals surface area contributed by atoms with Crippen molar-refractivity contribution in [2.75, 3.05) is 33.5 Å². The van der Waals surface area contributed by atoms with Crippen LogP contribution in [-0.2, 0) is 6.54 Å². The highest BCUT2D eigenvalue weighted by molar-refractivity contribution is 5.48. The van der Waals surface area contributed by atoms with Gasteiger partial charge < -0.3 is 19.7 Å². The number of nitrogens with zero attached hydrogens (tertiary/aromatic N) is 1. The molecule has 0 saturated carbocycles. The fourth-order valence-electron chi connectivity index (χ4n) is 2.07. The van der Waals surface area contributed by atoms with E-state index in [-0.39, 0.29) is 0 Å². The van der Waals surface area contributed by atoms with Crippen molar-refractivity contribution < 1.29 is 9.47 Å². The second-order valence-electron chi connectivity index (χ2n) is 4.72. The summed E-state index contributed by atoms with van der Waals surface area (Å²) >= 11 is 0. The number of rotatable bonds is 6. The first-order valence-electron chi connectivity index (χ1n) is 6.49. The van der Waals surface area contributed by atoms with Gasteiger partial charge >= 0.3 is 0 Å². The largest absolute Gasteiger partial charge is 0.454 e. The van der Waals surface area contributed by atoms with Crippen LogP contribution < -0.4 is 14.8 Å². The van der Waals surface area contributed by atoms with Crippen molar-refractivity contribution in [3.05, 3.63) is 23.3 Å². The lowest BCUT2D eigenvalue weighted by molar-refractivity contribution is 0.174. The molecule has 1 aliphatic heterocycles. The van der Waals surface area contributed by atoms with Crippen LogP contribution in [-0.4, -0.2) is 38.4 Å². The van der Waals surface area contributed by atoms with Gasteiger partial charge in [-0.1, -0.05) is 6.92 Å². The van der Waals surface area contributed by atoms with E-state index in [9.17, 15) is 0 Å². The summed E-state index contributed by atoms with van der Waals surface area (Å²) in [5, 5.41) is 3.33. The maximum absolute atomic E-state index is 5.42. The summed E-state index contributed by atoms with van der Waals surface area (Å²) in [5.41, 5.74) is 2.56. The molecule has 2 rings (SSSR count). The van der Waals surface area contributed by atoms with Crippen molar-refractivity contribution in [3.8, 4) is 11.5 Å². The maximum atomic E-state index is 5.42. The Morgan fingerprint density at radius 1 is 1.28 bits per heavy atom. The molecule has 0 unspecified atom stereocenters. The minimum atomic E-state index is 0.342. The quantitative estimate of drug-likeness (QED) is 0.780. The molecule has 1 aromatic rings. The van der Waals surface area contributed by atoms with Gasteiger partial charge in [0, 0.05) is 19.6 Å². The van der Waals surface area contributed by atoms with Crippen molar-refractivity contribution in [1.29, 1.82) is 0 Å². The highest BCUT2D eigenvalue weighted by Crippen LogP contribution is 2.34. The minimum absolute atomic E-state index is 0.342. The summed E-state index contributed by atoms with van der Waals surface area (Å²) in [7, 11) is 2.14. The predicted molar refractivity (Wildman–Crippen MR) is 72.2 cm³/mol. The molecule has 0 aromatic heterocycles. The van der Waals surface area contributed by atoms with E-state index >= 15 is 0 Å². The zero-order valence-electron chi connectivity index (χ0n) is 11.5. The number of nitrogens with one attached hydrogen (secondary N) is 1. The number of hydrogen-bond donors (Lipinski definition) is 1. The average Bonchev–Trinajstić information content (AvgIpc) is 2.77. The SMILES string of the molecule is CCNCCN(C)Cc1cc2c(cc1C)OCO2. The lowest BCUT2D eigenvalue weighted by atomic mass is 10.1. The third kappa shape index (κ3) is 3.15. The second-order valence-corrected chi connectivity index (χ2v) is 4.72. The normalized spacial score (nSPS) is 13.3. The molecule has 1 aromatic carbocycles. The maximum Gasteiger partial charge on any atom is 0.231 e. The van der Waals surface area contributed by atoms with Crippen LogP contribution in [0.3, 0.4) is 0 Å². The van der Waals surface area contributed by atoms with Crippen molar-refractivity contribution in [1.82, 2.24) is 10.2 Å². The Labute approximate surface area is 109 Å². The first-order valence-corrected chi connectivity index (χ1v) is 6.49. The number of aryl methyl sites for hydroxylation is 1. The Bertz CT molecular complexity index is 407. The van der Waals surface area contributed by atoms with Crippen LogP contribution in [0.1, 0.15) is 18.1 Å². The van der Waals surface area contributed by atoms with E-state index in [1.165, 1.54) is 11.1 Å². The summed E-state index contributed by atoms with van der Waals surface area (Å²) in [6.07, 6.45) is 0. The van der Waals surface area contributed by atoms with Gasteiger partial charge in [0.2, 0.25) is 6.79 Å². The van der Waals surface area contributed by atoms with E-state index in [0.29, 0.717) is 6.79 Å². The number of hydrogen-bond acceptors (Lipinski definition) is 4. The van der Waals surface area contributed by atoms with Crippen LogP contribution in [0.5, 0.6) is 11.5 Å². The molecule has 0 aliphatic carbocycles. The molecule has 1 heterocycles. The van der Waals surface area contributed by atoms with Gasteiger partial charge in [0.05, 0.1) is 0 Å². The van der Waals surface area contributed by atoms with Crippen LogP contribution in [0.4, 0.5) is 0 Å². The van der Waals surface area contributed by atoms with Gasteiger partial charge in [-0.05, 0) is 43.8 Å². The molecule has 0 bridgehead atoms. The van der Waals surface area contributed by atoms with E-state index < -0.39 is 0 Å². The molecule has 0 spiro atoms. The Balaban J connectivity index is 1.96. The van der Waals surface area contributed by atoms with Crippen LogP contribution >= 0.6 is 0 Å². The molecular weight excluding hydrogens is 228 g/mol. The summed E-state index contributed by atoms with van der Waals surface area (Å²) in [6, 6.07) is 4.16. The highest BCUT2D eigenvalue weighted by atomic mass is 16.7. The van der Waals surface area contributed by atoms with E-state index in [0.717, 1.165) is 37.7 Å². The van der Waals surface area contributed by atoms with Crippen molar-refractivity contribution in [2.24, 2.45) is 0 Å². The molecule has 18 heavy (non-hydrogen) atoms. The molecule has 1 aliphatic rings. The smallest absolute Gasteiger partial charge is 0.231 e. The highest BCUT2D eigenvalue weighted by Gasteiger charge is 2.16. The van der Waals surface area contributed by atoms with Gasteiger partial charge in [0.1, 0.15) is 0 Å². The van der Waals surface area contributed by atoms with Crippen LogP contribution in [0, 0.1) is 6.92 Å². The van der Waals surface area contributed by atoms with Crippen LogP contribution in [0.25, 0.3) is 0 Å². The van der Waals surface area contributed by atoms with Crippen molar-refractivity contribution in [3.63, 3.8) is 0 Å². The first-order chi connectivity index (χ1) is 8.70. The zero-order chi connectivity index (χ0) is 13.0. The Hall–Kier alpha value is -1.26. The Morgan fingerprint density at radius 2 is 2.00 bits per heavy atom. The van der Waals surface area contributed by atoms with E-state index in [2.05, 4.69) is 43.2 Å². The van der Waals surface area contributed by atoms with Gasteiger partial charge in [-0.25, -0.2) is 0 Å². The van der Waals surface area contributed by atoms with E-state index in [4.69, 9.17) is 9.47 Å². The summed E-state index contributed by atoms with van der Waals surface area (Å²) in [4.78, 5) is 2.31. The van der Waals surface area contributed by atoms with Crippen molar-refractivity contribution in [2.45, 2.75) is 20.4 Å². The number of likely N-dealkylation sites (N-methyl/N-ethyl adjacent to an activating group) is 2. The molecule has 4 nitrogen and oxygen atoms in total. The lowest BCUT2D eigenvalue weighted by Crippen LogP contribution is -2.28. The Morgan fingerprint density at radius 3 is 2.72 bits per heavy atom. The number of benzene rings is 1. The third-order valence-electron chi connectivity index (χ3n) is 3.19. The first kappa shape index (κ1) is 13.2. The van der Waals surface area contributed by atoms with Crippen molar-refractivity contribution >= 4 is 0 Å². The van der Waals surface area contributed by atoms with Gasteiger partial charge in [0.15, 0.2) is 11.5 Å². The number of fused-ring (bicyclic) bond motifs is 1. The minimum Gasteiger partial charge on any atom is -0.454 e. The average molecular weight is 250 g/mol. The topological polar surface area (TPSA) is 33.7 Å². The van der Waals surface area contributed by atoms with Crippen LogP contribution in [0.15, 0.2) is 12.1 Å². The number of ether oxygens (including phenoxy) is 2. The lowest BCUT2D eigenvalue weighted by Gasteiger charge is -2.18. The molecule has 0 radical (unpaired) electrons. The fraction of sp³-hybridized carbons (Fsp3) is 0.571.